The molecule has 0 radical (unpaired) electrons. The first kappa shape index (κ1) is 15.0. The molecule has 1 N–H and O–H groups in total. The molecular formula is C12H12N4O4. The number of hydrogen-bond acceptors (Lipinski definition) is 6. The van der Waals surface area contributed by atoms with Crippen LogP contribution in [-0.2, 0) is 0 Å². The lowest BCUT2D eigenvalue weighted by molar-refractivity contribution is -0.393. The molecule has 0 spiro atoms. The van der Waals surface area contributed by atoms with E-state index in [0.717, 1.165) is 17.7 Å². The molecule has 0 atom stereocenters. The van der Waals surface area contributed by atoms with Gasteiger partial charge in [0.05, 0.1) is 22.1 Å². The highest BCUT2D eigenvalue weighted by Crippen LogP contribution is 2.28. The van der Waals surface area contributed by atoms with Gasteiger partial charge in [-0.15, -0.1) is 0 Å². The average molecular weight is 276 g/mol. The van der Waals surface area contributed by atoms with Gasteiger partial charge in [-0.1, -0.05) is 18.7 Å². The maximum absolute atomic E-state index is 10.9. The van der Waals surface area contributed by atoms with Gasteiger partial charge in [-0.25, -0.2) is 0 Å². The highest BCUT2D eigenvalue weighted by molar-refractivity contribution is 5.79. The van der Waals surface area contributed by atoms with Crippen molar-refractivity contribution in [3.63, 3.8) is 0 Å². The van der Waals surface area contributed by atoms with Crippen LogP contribution in [0, 0.1) is 20.2 Å². The predicted molar refractivity (Wildman–Crippen MR) is 75.8 cm³/mol. The van der Waals surface area contributed by atoms with Gasteiger partial charge in [-0.3, -0.25) is 25.7 Å². The number of nitrogens with one attached hydrogen (secondary N) is 1. The zero-order valence-electron chi connectivity index (χ0n) is 10.6. The Morgan fingerprint density at radius 2 is 2.05 bits per heavy atom. The van der Waals surface area contributed by atoms with Crippen LogP contribution in [0.2, 0.25) is 0 Å². The molecule has 0 aliphatic rings. The Kier molecular flexibility index (Phi) is 5.10. The maximum atomic E-state index is 10.9. The van der Waals surface area contributed by atoms with Crippen molar-refractivity contribution in [3.05, 3.63) is 62.7 Å². The molecule has 0 heterocycles. The summed E-state index contributed by atoms with van der Waals surface area (Å²) < 4.78 is 0. The van der Waals surface area contributed by atoms with Gasteiger partial charge in [-0.05, 0) is 18.6 Å². The van der Waals surface area contributed by atoms with E-state index in [9.17, 15) is 20.2 Å². The summed E-state index contributed by atoms with van der Waals surface area (Å²) in [6.45, 7) is 5.29. The maximum Gasteiger partial charge on any atom is 0.301 e. The second-order valence-corrected chi connectivity index (χ2v) is 3.73. The van der Waals surface area contributed by atoms with E-state index in [0.29, 0.717) is 0 Å². The van der Waals surface area contributed by atoms with Gasteiger partial charge in [0.1, 0.15) is 5.69 Å². The summed E-state index contributed by atoms with van der Waals surface area (Å²) in [4.78, 5) is 20.0. The number of nitro groups is 2. The van der Waals surface area contributed by atoms with Gasteiger partial charge in [0.2, 0.25) is 0 Å². The minimum absolute atomic E-state index is 0.0725. The molecule has 0 unspecified atom stereocenters. The number of allylic oxidation sites excluding steroid dienone is 3. The highest BCUT2D eigenvalue weighted by atomic mass is 16.6. The summed E-state index contributed by atoms with van der Waals surface area (Å²) in [5.74, 6) is 0. The molecule has 0 aromatic heterocycles. The van der Waals surface area contributed by atoms with Crippen molar-refractivity contribution >= 4 is 23.3 Å². The summed E-state index contributed by atoms with van der Waals surface area (Å²) in [6, 6.07) is 3.28. The van der Waals surface area contributed by atoms with E-state index in [1.54, 1.807) is 19.1 Å². The zero-order chi connectivity index (χ0) is 15.1. The SMILES string of the molecule is C=CC=C(C)C=NNc1ccc([N+](=O)[O-])cc1[N+](=O)[O-]. The van der Waals surface area contributed by atoms with Gasteiger partial charge >= 0.3 is 5.69 Å². The molecule has 8 heteroatoms. The van der Waals surface area contributed by atoms with Crippen LogP contribution in [0.5, 0.6) is 0 Å². The molecule has 0 saturated heterocycles. The van der Waals surface area contributed by atoms with Crippen molar-refractivity contribution in [3.8, 4) is 0 Å². The molecular weight excluding hydrogens is 264 g/mol. The van der Waals surface area contributed by atoms with Crippen molar-refractivity contribution in [2.75, 3.05) is 5.43 Å². The van der Waals surface area contributed by atoms with Crippen LogP contribution in [0.3, 0.4) is 0 Å². The van der Waals surface area contributed by atoms with Gasteiger partial charge in [-0.2, -0.15) is 5.10 Å². The Labute approximate surface area is 114 Å². The fourth-order valence-electron chi connectivity index (χ4n) is 1.31. The van der Waals surface area contributed by atoms with Crippen LogP contribution < -0.4 is 5.43 Å². The lowest BCUT2D eigenvalue weighted by Crippen LogP contribution is -1.98. The largest absolute Gasteiger partial charge is 0.301 e. The molecule has 1 rings (SSSR count). The van der Waals surface area contributed by atoms with E-state index in [1.165, 1.54) is 12.3 Å². The topological polar surface area (TPSA) is 111 Å². The van der Waals surface area contributed by atoms with Crippen molar-refractivity contribution in [1.29, 1.82) is 0 Å². The van der Waals surface area contributed by atoms with Crippen LogP contribution in [0.1, 0.15) is 6.92 Å². The first-order chi connectivity index (χ1) is 9.45. The standard InChI is InChI=1S/C12H12N4O4/c1-3-4-9(2)8-13-14-11-6-5-10(15(17)18)7-12(11)16(19)20/h3-8,14H,1H2,2H3. The van der Waals surface area contributed by atoms with Crippen molar-refractivity contribution < 1.29 is 9.85 Å². The average Bonchev–Trinajstić information content (AvgIpc) is 2.38. The number of hydrazone groups is 1. The summed E-state index contributed by atoms with van der Waals surface area (Å²) in [6.07, 6.45) is 4.73. The Bertz CT molecular complexity index is 607. The molecule has 0 bridgehead atoms. The fourth-order valence-corrected chi connectivity index (χ4v) is 1.31. The van der Waals surface area contributed by atoms with Gasteiger partial charge in [0.15, 0.2) is 0 Å². The predicted octanol–water partition coefficient (Wildman–Crippen LogP) is 3.03. The Balaban J connectivity index is 3.01. The summed E-state index contributed by atoms with van der Waals surface area (Å²) in [5.41, 5.74) is 2.57. The number of hydrogen-bond donors (Lipinski definition) is 1. The minimum atomic E-state index is -0.711. The first-order valence-electron chi connectivity index (χ1n) is 5.47. The lowest BCUT2D eigenvalue weighted by atomic mass is 10.2. The first-order valence-corrected chi connectivity index (χ1v) is 5.47. The number of rotatable bonds is 6. The third kappa shape index (κ3) is 4.02. The number of nitrogens with zero attached hydrogens (tertiary/aromatic N) is 3. The number of nitro benzene ring substituents is 2. The molecule has 0 saturated carbocycles. The molecule has 20 heavy (non-hydrogen) atoms. The van der Waals surface area contributed by atoms with Crippen molar-refractivity contribution in [2.24, 2.45) is 5.10 Å². The minimum Gasteiger partial charge on any atom is -0.272 e. The fraction of sp³-hybridized carbons (Fsp3) is 0.0833. The van der Waals surface area contributed by atoms with Crippen molar-refractivity contribution in [2.45, 2.75) is 6.92 Å². The smallest absolute Gasteiger partial charge is 0.272 e. The molecule has 0 amide bonds. The second kappa shape index (κ2) is 6.78. The van der Waals surface area contributed by atoms with Crippen LogP contribution in [0.25, 0.3) is 0 Å². The molecule has 104 valence electrons. The van der Waals surface area contributed by atoms with E-state index >= 15 is 0 Å². The lowest BCUT2D eigenvalue weighted by Gasteiger charge is -2.01. The van der Waals surface area contributed by atoms with E-state index in [2.05, 4.69) is 17.1 Å². The van der Waals surface area contributed by atoms with Crippen LogP contribution in [-0.4, -0.2) is 16.1 Å². The van der Waals surface area contributed by atoms with Crippen LogP contribution in [0.4, 0.5) is 17.1 Å². The van der Waals surface area contributed by atoms with Gasteiger partial charge < -0.3 is 0 Å². The molecule has 0 fully saturated rings. The molecule has 1 aromatic rings. The second-order valence-electron chi connectivity index (χ2n) is 3.73. The summed E-state index contributed by atoms with van der Waals surface area (Å²) >= 11 is 0. The number of anilines is 1. The third-order valence-corrected chi connectivity index (χ3v) is 2.22. The van der Waals surface area contributed by atoms with E-state index in [-0.39, 0.29) is 11.4 Å². The van der Waals surface area contributed by atoms with Crippen LogP contribution >= 0.6 is 0 Å². The summed E-state index contributed by atoms with van der Waals surface area (Å²) in [5, 5.41) is 25.3. The Hall–Kier alpha value is -3.03. The molecule has 1 aromatic carbocycles. The Morgan fingerprint density at radius 3 is 2.60 bits per heavy atom. The highest BCUT2D eigenvalue weighted by Gasteiger charge is 2.18. The van der Waals surface area contributed by atoms with E-state index < -0.39 is 15.5 Å². The van der Waals surface area contributed by atoms with E-state index in [4.69, 9.17) is 0 Å². The van der Waals surface area contributed by atoms with Crippen LogP contribution in [0.15, 0.2) is 47.6 Å². The van der Waals surface area contributed by atoms with Gasteiger partial charge in [0, 0.05) is 6.07 Å². The zero-order valence-corrected chi connectivity index (χ0v) is 10.6. The van der Waals surface area contributed by atoms with Gasteiger partial charge in [0.25, 0.3) is 5.69 Å². The molecule has 0 aliphatic carbocycles. The third-order valence-electron chi connectivity index (χ3n) is 2.22. The normalized spacial score (nSPS) is 11.3. The number of benzene rings is 1. The monoisotopic (exact) mass is 276 g/mol. The quantitative estimate of drug-likeness (QED) is 0.371. The summed E-state index contributed by atoms with van der Waals surface area (Å²) in [7, 11) is 0. The molecule has 8 nitrogen and oxygen atoms in total. The van der Waals surface area contributed by atoms with Crippen molar-refractivity contribution in [1.82, 2.24) is 0 Å². The Morgan fingerprint density at radius 1 is 1.35 bits per heavy atom. The number of non-ortho nitro benzene ring substituents is 1. The van der Waals surface area contributed by atoms with E-state index in [1.807, 2.05) is 0 Å². The molecule has 0 aliphatic heterocycles.